The van der Waals surface area contributed by atoms with Crippen LogP contribution in [0.25, 0.3) is 0 Å². The fourth-order valence-electron chi connectivity index (χ4n) is 3.30. The Labute approximate surface area is 179 Å². The molecule has 174 valence electrons. The van der Waals surface area contributed by atoms with E-state index in [0.717, 1.165) is 29.5 Å². The van der Waals surface area contributed by atoms with E-state index < -0.39 is 30.2 Å². The average Bonchev–Trinajstić information content (AvgIpc) is 3.14. The molecular formula is C19H21F3N4O6. The number of pyridine rings is 1. The highest BCUT2D eigenvalue weighted by Crippen LogP contribution is 2.31. The van der Waals surface area contributed by atoms with E-state index >= 15 is 0 Å². The van der Waals surface area contributed by atoms with Crippen LogP contribution >= 0.6 is 0 Å². The molecule has 1 amide bonds. The molecule has 1 atom stereocenters. The summed E-state index contributed by atoms with van der Waals surface area (Å²) < 4.78 is 34.7. The van der Waals surface area contributed by atoms with E-state index in [2.05, 4.69) is 4.98 Å². The van der Waals surface area contributed by atoms with E-state index in [1.807, 2.05) is 11.6 Å². The molecule has 1 aliphatic rings. The number of nitrogens with zero attached hydrogens (tertiary/aromatic N) is 4. The number of imidazole rings is 1. The van der Waals surface area contributed by atoms with Gasteiger partial charge in [0.25, 0.3) is 11.5 Å². The highest BCUT2D eigenvalue weighted by Gasteiger charge is 2.38. The SMILES string of the molecule is Cn1cncc1C1CCCCN1C(=O)c1cccn(CC(=O)O)c1=O.O=C(O)C(F)(F)F. The molecule has 2 aromatic rings. The minimum absolute atomic E-state index is 0.00202. The quantitative estimate of drug-likeness (QED) is 0.712. The number of carbonyl (C=O) groups is 3. The molecule has 0 saturated carbocycles. The number of aryl methyl sites for hydroxylation is 1. The fourth-order valence-corrected chi connectivity index (χ4v) is 3.30. The Morgan fingerprint density at radius 2 is 1.88 bits per heavy atom. The number of carbonyl (C=O) groups excluding carboxylic acids is 1. The number of amides is 1. The number of alkyl halides is 3. The predicted octanol–water partition coefficient (Wildman–Crippen LogP) is 1.67. The summed E-state index contributed by atoms with van der Waals surface area (Å²) in [4.78, 5) is 51.1. The molecule has 1 aliphatic heterocycles. The molecule has 10 nitrogen and oxygen atoms in total. The monoisotopic (exact) mass is 458 g/mol. The van der Waals surface area contributed by atoms with Crippen molar-refractivity contribution in [3.05, 3.63) is 52.5 Å². The van der Waals surface area contributed by atoms with Gasteiger partial charge >= 0.3 is 18.1 Å². The first-order valence-electron chi connectivity index (χ1n) is 9.42. The van der Waals surface area contributed by atoms with Crippen LogP contribution in [0.5, 0.6) is 0 Å². The fraction of sp³-hybridized carbons (Fsp3) is 0.421. The number of carboxylic acid groups (broad SMARTS) is 2. The van der Waals surface area contributed by atoms with Crippen LogP contribution < -0.4 is 5.56 Å². The van der Waals surface area contributed by atoms with Crippen molar-refractivity contribution in [1.82, 2.24) is 19.0 Å². The number of piperidine rings is 1. The van der Waals surface area contributed by atoms with Crippen molar-refractivity contribution in [3.8, 4) is 0 Å². The van der Waals surface area contributed by atoms with Crippen molar-refractivity contribution in [1.29, 1.82) is 0 Å². The third-order valence-electron chi connectivity index (χ3n) is 4.76. The molecule has 1 saturated heterocycles. The van der Waals surface area contributed by atoms with Gasteiger partial charge in [0.2, 0.25) is 0 Å². The Balaban J connectivity index is 0.000000451. The van der Waals surface area contributed by atoms with E-state index in [-0.39, 0.29) is 17.5 Å². The Morgan fingerprint density at radius 1 is 1.22 bits per heavy atom. The maximum absolute atomic E-state index is 13.0. The summed E-state index contributed by atoms with van der Waals surface area (Å²) in [6.45, 7) is 0.0903. The minimum atomic E-state index is -5.08. The van der Waals surface area contributed by atoms with Gasteiger partial charge in [0.1, 0.15) is 12.1 Å². The van der Waals surface area contributed by atoms with Gasteiger partial charge in [-0.25, -0.2) is 9.78 Å². The lowest BCUT2D eigenvalue weighted by atomic mass is 9.98. The maximum atomic E-state index is 13.0. The maximum Gasteiger partial charge on any atom is 0.490 e. The number of carboxylic acids is 2. The van der Waals surface area contributed by atoms with Crippen molar-refractivity contribution in [2.75, 3.05) is 6.54 Å². The van der Waals surface area contributed by atoms with Crippen molar-refractivity contribution >= 4 is 17.8 Å². The molecule has 0 radical (unpaired) electrons. The zero-order chi connectivity index (χ0) is 24.1. The summed E-state index contributed by atoms with van der Waals surface area (Å²) in [6, 6.07) is 2.85. The molecule has 3 rings (SSSR count). The van der Waals surface area contributed by atoms with E-state index in [1.54, 1.807) is 17.4 Å². The van der Waals surface area contributed by atoms with Crippen molar-refractivity contribution in [3.63, 3.8) is 0 Å². The number of halogens is 3. The molecule has 0 aliphatic carbocycles. The number of rotatable bonds is 4. The highest BCUT2D eigenvalue weighted by atomic mass is 19.4. The molecule has 2 N–H and O–H groups in total. The van der Waals surface area contributed by atoms with Gasteiger partial charge in [0.05, 0.1) is 24.3 Å². The molecule has 0 spiro atoms. The predicted molar refractivity (Wildman–Crippen MR) is 103 cm³/mol. The summed E-state index contributed by atoms with van der Waals surface area (Å²) in [5, 5.41) is 16.0. The van der Waals surface area contributed by atoms with Crippen LogP contribution in [0.4, 0.5) is 13.2 Å². The van der Waals surface area contributed by atoms with Crippen molar-refractivity contribution in [2.45, 2.75) is 38.0 Å². The summed E-state index contributed by atoms with van der Waals surface area (Å²) in [5.74, 6) is -4.25. The second-order valence-corrected chi connectivity index (χ2v) is 6.99. The van der Waals surface area contributed by atoms with Crippen LogP contribution in [-0.4, -0.2) is 59.8 Å². The molecule has 0 bridgehead atoms. The molecule has 1 unspecified atom stereocenters. The average molecular weight is 458 g/mol. The smallest absolute Gasteiger partial charge is 0.480 e. The van der Waals surface area contributed by atoms with Crippen LogP contribution in [0.15, 0.2) is 35.6 Å². The van der Waals surface area contributed by atoms with Crippen molar-refractivity contribution < 1.29 is 37.8 Å². The van der Waals surface area contributed by atoms with Gasteiger partial charge in [-0.3, -0.25) is 14.4 Å². The van der Waals surface area contributed by atoms with Gasteiger partial charge in [0.15, 0.2) is 0 Å². The largest absolute Gasteiger partial charge is 0.490 e. The lowest BCUT2D eigenvalue weighted by Crippen LogP contribution is -2.42. The third-order valence-corrected chi connectivity index (χ3v) is 4.76. The lowest BCUT2D eigenvalue weighted by molar-refractivity contribution is -0.192. The Bertz CT molecular complexity index is 1050. The Hall–Kier alpha value is -3.64. The minimum Gasteiger partial charge on any atom is -0.480 e. The van der Waals surface area contributed by atoms with Crippen LogP contribution in [-0.2, 0) is 23.2 Å². The Kier molecular flexibility index (Phi) is 7.78. The zero-order valence-electron chi connectivity index (χ0n) is 16.9. The first kappa shape index (κ1) is 24.6. The van der Waals surface area contributed by atoms with Gasteiger partial charge < -0.3 is 24.2 Å². The Morgan fingerprint density at radius 3 is 2.41 bits per heavy atom. The van der Waals surface area contributed by atoms with Crippen LogP contribution in [0, 0.1) is 0 Å². The number of aliphatic carboxylic acids is 2. The van der Waals surface area contributed by atoms with Crippen molar-refractivity contribution in [2.24, 2.45) is 7.05 Å². The number of likely N-dealkylation sites (tertiary alicyclic amines) is 1. The lowest BCUT2D eigenvalue weighted by Gasteiger charge is -2.35. The topological polar surface area (TPSA) is 135 Å². The molecule has 2 aromatic heterocycles. The third kappa shape index (κ3) is 5.95. The number of hydrogen-bond acceptors (Lipinski definition) is 5. The number of aromatic nitrogens is 3. The second kappa shape index (κ2) is 10.1. The van der Waals surface area contributed by atoms with E-state index in [4.69, 9.17) is 15.0 Å². The van der Waals surface area contributed by atoms with Gasteiger partial charge in [-0.1, -0.05) is 0 Å². The van der Waals surface area contributed by atoms with E-state index in [0.29, 0.717) is 6.54 Å². The zero-order valence-corrected chi connectivity index (χ0v) is 16.9. The first-order chi connectivity index (χ1) is 14.9. The summed E-state index contributed by atoms with van der Waals surface area (Å²) in [7, 11) is 1.88. The second-order valence-electron chi connectivity index (χ2n) is 6.99. The standard InChI is InChI=1S/C17H20N4O4.C2HF3O2/c1-19-11-18-9-14(19)13-6-2-3-8-21(13)17(25)12-5-4-7-20(16(12)24)10-15(22)23;3-2(4,5)1(6)7/h4-5,7,9,11,13H,2-3,6,8,10H2,1H3,(H,22,23);(H,6,7). The van der Waals surface area contributed by atoms with Gasteiger partial charge in [-0.15, -0.1) is 0 Å². The molecule has 13 heteroatoms. The van der Waals surface area contributed by atoms with Crippen LogP contribution in [0.1, 0.15) is 41.4 Å². The number of hydrogen-bond donors (Lipinski definition) is 2. The van der Waals surface area contributed by atoms with Crippen LogP contribution in [0.2, 0.25) is 0 Å². The molecule has 3 heterocycles. The summed E-state index contributed by atoms with van der Waals surface area (Å²) in [5.41, 5.74) is 0.344. The summed E-state index contributed by atoms with van der Waals surface area (Å²) in [6.07, 6.45) is 2.40. The molecule has 0 aromatic carbocycles. The van der Waals surface area contributed by atoms with Gasteiger partial charge in [-0.05, 0) is 31.4 Å². The van der Waals surface area contributed by atoms with E-state index in [9.17, 15) is 27.6 Å². The van der Waals surface area contributed by atoms with Crippen LogP contribution in [0.3, 0.4) is 0 Å². The summed E-state index contributed by atoms with van der Waals surface area (Å²) >= 11 is 0. The van der Waals surface area contributed by atoms with Gasteiger partial charge in [-0.2, -0.15) is 13.2 Å². The highest BCUT2D eigenvalue weighted by molar-refractivity contribution is 5.94. The molecular weight excluding hydrogens is 437 g/mol. The molecule has 32 heavy (non-hydrogen) atoms. The van der Waals surface area contributed by atoms with E-state index in [1.165, 1.54) is 18.3 Å². The van der Waals surface area contributed by atoms with Gasteiger partial charge in [0, 0.05) is 19.8 Å². The normalized spacial score (nSPS) is 16.1. The first-order valence-corrected chi connectivity index (χ1v) is 9.42. The molecule has 1 fully saturated rings.